The van der Waals surface area contributed by atoms with Gasteiger partial charge in [-0.05, 0) is 52.3 Å². The van der Waals surface area contributed by atoms with Crippen LogP contribution in [0.3, 0.4) is 0 Å². The lowest BCUT2D eigenvalue weighted by Crippen LogP contribution is -2.42. The molecule has 0 aliphatic carbocycles. The van der Waals surface area contributed by atoms with Crippen LogP contribution in [0.15, 0.2) is 29.4 Å². The zero-order valence-electron chi connectivity index (χ0n) is 18.0. The van der Waals surface area contributed by atoms with Gasteiger partial charge < -0.3 is 20.7 Å². The van der Waals surface area contributed by atoms with Crippen molar-refractivity contribution >= 4 is 12.1 Å². The van der Waals surface area contributed by atoms with Crippen molar-refractivity contribution in [2.24, 2.45) is 4.99 Å². The van der Waals surface area contributed by atoms with Crippen molar-refractivity contribution in [2.75, 3.05) is 20.1 Å². The van der Waals surface area contributed by atoms with Crippen LogP contribution in [0.25, 0.3) is 5.82 Å². The lowest BCUT2D eigenvalue weighted by atomic mass is 10.2. The predicted octanol–water partition coefficient (Wildman–Crippen LogP) is 2.07. The number of nitrogens with zero attached hydrogens (tertiary/aromatic N) is 4. The number of ether oxygens (including phenoxy) is 1. The summed E-state index contributed by atoms with van der Waals surface area (Å²) in [6, 6.07) is 5.96. The summed E-state index contributed by atoms with van der Waals surface area (Å²) in [6.45, 7) is 11.0. The fourth-order valence-corrected chi connectivity index (χ4v) is 2.57. The highest BCUT2D eigenvalue weighted by Crippen LogP contribution is 2.10. The van der Waals surface area contributed by atoms with Gasteiger partial charge in [0.2, 0.25) is 0 Å². The molecule has 158 valence electrons. The molecule has 2 heterocycles. The maximum atomic E-state index is 11.6. The van der Waals surface area contributed by atoms with Crippen LogP contribution in [0, 0.1) is 13.8 Å². The Morgan fingerprint density at radius 2 is 1.90 bits per heavy atom. The molecule has 2 aromatic rings. The molecule has 0 radical (unpaired) electrons. The topological polar surface area (TPSA) is 105 Å². The molecule has 0 saturated heterocycles. The first-order chi connectivity index (χ1) is 13.7. The van der Waals surface area contributed by atoms with Gasteiger partial charge in [0.1, 0.15) is 5.60 Å². The first-order valence-corrected chi connectivity index (χ1v) is 9.58. The molecule has 9 heteroatoms. The van der Waals surface area contributed by atoms with Gasteiger partial charge in [-0.2, -0.15) is 5.10 Å². The van der Waals surface area contributed by atoms with E-state index in [1.54, 1.807) is 7.05 Å². The van der Waals surface area contributed by atoms with Crippen LogP contribution in [-0.2, 0) is 11.3 Å². The summed E-state index contributed by atoms with van der Waals surface area (Å²) < 4.78 is 7.01. The van der Waals surface area contributed by atoms with E-state index in [2.05, 4.69) is 31.0 Å². The van der Waals surface area contributed by atoms with E-state index in [-0.39, 0.29) is 0 Å². The van der Waals surface area contributed by atoms with Crippen molar-refractivity contribution in [3.8, 4) is 5.82 Å². The maximum Gasteiger partial charge on any atom is 0.407 e. The molecule has 29 heavy (non-hydrogen) atoms. The summed E-state index contributed by atoms with van der Waals surface area (Å²) in [6.07, 6.45) is 1.38. The Labute approximate surface area is 172 Å². The van der Waals surface area contributed by atoms with Crippen molar-refractivity contribution in [2.45, 2.75) is 46.8 Å². The Hall–Kier alpha value is -3.10. The lowest BCUT2D eigenvalue weighted by molar-refractivity contribution is 0.0529. The zero-order valence-corrected chi connectivity index (χ0v) is 18.0. The number of hydrogen-bond acceptors (Lipinski definition) is 5. The Morgan fingerprint density at radius 1 is 1.17 bits per heavy atom. The van der Waals surface area contributed by atoms with Crippen molar-refractivity contribution in [1.29, 1.82) is 0 Å². The number of alkyl carbamates (subject to hydrolysis) is 1. The van der Waals surface area contributed by atoms with E-state index in [0.29, 0.717) is 25.6 Å². The molecule has 3 N–H and O–H groups in total. The predicted molar refractivity (Wildman–Crippen MR) is 113 cm³/mol. The third-order valence-corrected chi connectivity index (χ3v) is 3.80. The van der Waals surface area contributed by atoms with E-state index in [9.17, 15) is 4.79 Å². The number of guanidine groups is 1. The van der Waals surface area contributed by atoms with E-state index >= 15 is 0 Å². The van der Waals surface area contributed by atoms with Crippen LogP contribution in [0.1, 0.15) is 37.7 Å². The third kappa shape index (κ3) is 7.44. The summed E-state index contributed by atoms with van der Waals surface area (Å²) in [5, 5.41) is 13.5. The molecule has 0 aliphatic rings. The standard InChI is InChI=1S/C20H31N7O2/c1-14-11-15(2)27(26-14)17-8-7-16(12-24-17)13-25-18(21-6)22-9-10-23-19(28)29-20(3,4)5/h7-8,11-12H,9-10,13H2,1-6H3,(H,23,28)(H2,21,22,25). The van der Waals surface area contributed by atoms with Gasteiger partial charge in [0.05, 0.1) is 5.69 Å². The van der Waals surface area contributed by atoms with E-state index in [0.717, 1.165) is 22.8 Å². The van der Waals surface area contributed by atoms with Crippen molar-refractivity contribution in [3.63, 3.8) is 0 Å². The van der Waals surface area contributed by atoms with Gasteiger partial charge in [-0.3, -0.25) is 4.99 Å². The highest BCUT2D eigenvalue weighted by Gasteiger charge is 2.15. The lowest BCUT2D eigenvalue weighted by Gasteiger charge is -2.19. The molecule has 0 spiro atoms. The first kappa shape index (κ1) is 22.2. The number of hydrogen-bond donors (Lipinski definition) is 3. The Kier molecular flexibility index (Phi) is 7.58. The molecule has 0 bridgehead atoms. The fourth-order valence-electron chi connectivity index (χ4n) is 2.57. The zero-order chi connectivity index (χ0) is 21.4. The van der Waals surface area contributed by atoms with Crippen LogP contribution in [-0.4, -0.2) is 52.6 Å². The van der Waals surface area contributed by atoms with Crippen molar-refractivity contribution in [1.82, 2.24) is 30.7 Å². The first-order valence-electron chi connectivity index (χ1n) is 9.58. The van der Waals surface area contributed by atoms with Gasteiger partial charge in [0.15, 0.2) is 11.8 Å². The van der Waals surface area contributed by atoms with Crippen LogP contribution < -0.4 is 16.0 Å². The minimum Gasteiger partial charge on any atom is -0.444 e. The molecule has 0 saturated carbocycles. The molecule has 0 atom stereocenters. The fraction of sp³-hybridized carbons (Fsp3) is 0.500. The number of amides is 1. The van der Waals surface area contributed by atoms with Crippen LogP contribution in [0.2, 0.25) is 0 Å². The minimum atomic E-state index is -0.506. The quantitative estimate of drug-likeness (QED) is 0.389. The number of nitrogens with one attached hydrogen (secondary N) is 3. The molecule has 2 rings (SSSR count). The summed E-state index contributed by atoms with van der Waals surface area (Å²) in [7, 11) is 1.70. The molecule has 0 aromatic carbocycles. The molecule has 0 aliphatic heterocycles. The second-order valence-corrected chi connectivity index (χ2v) is 7.64. The third-order valence-electron chi connectivity index (χ3n) is 3.80. The monoisotopic (exact) mass is 401 g/mol. The summed E-state index contributed by atoms with van der Waals surface area (Å²) >= 11 is 0. The van der Waals surface area contributed by atoms with Crippen molar-refractivity contribution < 1.29 is 9.53 Å². The van der Waals surface area contributed by atoms with Crippen LogP contribution in [0.5, 0.6) is 0 Å². The second kappa shape index (κ2) is 9.90. The number of rotatable bonds is 6. The average molecular weight is 402 g/mol. The molecule has 1 amide bonds. The van der Waals surface area contributed by atoms with Gasteiger partial charge >= 0.3 is 6.09 Å². The van der Waals surface area contributed by atoms with Gasteiger partial charge in [0.25, 0.3) is 0 Å². The number of carbonyl (C=O) groups excluding carboxylic acids is 1. The van der Waals surface area contributed by atoms with Gasteiger partial charge in [-0.25, -0.2) is 14.5 Å². The number of aliphatic imine (C=N–C) groups is 1. The smallest absolute Gasteiger partial charge is 0.407 e. The van der Waals surface area contributed by atoms with E-state index in [1.165, 1.54) is 0 Å². The Bertz CT molecular complexity index is 836. The van der Waals surface area contributed by atoms with Gasteiger partial charge in [-0.1, -0.05) is 6.07 Å². The largest absolute Gasteiger partial charge is 0.444 e. The highest BCUT2D eigenvalue weighted by molar-refractivity contribution is 5.79. The van der Waals surface area contributed by atoms with Crippen LogP contribution >= 0.6 is 0 Å². The summed E-state index contributed by atoms with van der Waals surface area (Å²) in [5.41, 5.74) is 2.52. The summed E-state index contributed by atoms with van der Waals surface area (Å²) in [4.78, 5) is 20.3. The van der Waals surface area contributed by atoms with E-state index in [4.69, 9.17) is 4.74 Å². The molecule has 9 nitrogen and oxygen atoms in total. The number of aryl methyl sites for hydroxylation is 2. The average Bonchev–Trinajstić information content (AvgIpc) is 2.98. The molecule has 2 aromatic heterocycles. The van der Waals surface area contributed by atoms with Gasteiger partial charge in [0, 0.05) is 38.6 Å². The minimum absolute atomic E-state index is 0.425. The molecular weight excluding hydrogens is 370 g/mol. The van der Waals surface area contributed by atoms with E-state index in [1.807, 2.05) is 63.7 Å². The normalized spacial score (nSPS) is 11.9. The number of pyridine rings is 1. The maximum absolute atomic E-state index is 11.6. The highest BCUT2D eigenvalue weighted by atomic mass is 16.6. The van der Waals surface area contributed by atoms with Crippen molar-refractivity contribution in [3.05, 3.63) is 41.3 Å². The summed E-state index contributed by atoms with van der Waals surface area (Å²) in [5.74, 6) is 1.42. The SMILES string of the molecule is CN=C(NCCNC(=O)OC(C)(C)C)NCc1ccc(-n2nc(C)cc2C)nc1. The van der Waals surface area contributed by atoms with Crippen LogP contribution in [0.4, 0.5) is 4.79 Å². The number of carbonyl (C=O) groups is 1. The Morgan fingerprint density at radius 3 is 2.45 bits per heavy atom. The Balaban J connectivity index is 1.76. The van der Waals surface area contributed by atoms with Gasteiger partial charge in [-0.15, -0.1) is 0 Å². The number of aromatic nitrogens is 3. The molecule has 0 fully saturated rings. The second-order valence-electron chi connectivity index (χ2n) is 7.64. The van der Waals surface area contributed by atoms with E-state index < -0.39 is 11.7 Å². The molecular formula is C20H31N7O2. The molecule has 0 unspecified atom stereocenters.